The second-order valence-electron chi connectivity index (χ2n) is 5.32. The molecule has 0 saturated heterocycles. The van der Waals surface area contributed by atoms with E-state index in [-0.39, 0.29) is 32.7 Å². The number of thiocarbonyl (C=S) groups is 1. The van der Waals surface area contributed by atoms with Crippen molar-refractivity contribution >= 4 is 34.6 Å². The molecular formula is C17H10ClF3N2OS. The van der Waals surface area contributed by atoms with Gasteiger partial charge in [0.2, 0.25) is 5.54 Å². The quantitative estimate of drug-likeness (QED) is 0.473. The molecule has 0 aromatic heterocycles. The third kappa shape index (κ3) is 3.23. The molecule has 25 heavy (non-hydrogen) atoms. The molecule has 0 amide bonds. The van der Waals surface area contributed by atoms with Crippen LogP contribution in [-0.2, 0) is 5.54 Å². The Morgan fingerprint density at radius 1 is 1.16 bits per heavy atom. The third-order valence-corrected chi connectivity index (χ3v) is 4.04. The highest BCUT2D eigenvalue weighted by atomic mass is 35.5. The molecule has 8 heteroatoms. The van der Waals surface area contributed by atoms with Crippen LogP contribution in [0.2, 0.25) is 5.02 Å². The summed E-state index contributed by atoms with van der Waals surface area (Å²) in [5.74, 6) is 4.62. The molecule has 3 N–H and O–H groups in total. The lowest BCUT2D eigenvalue weighted by molar-refractivity contribution is -0.177. The predicted octanol–water partition coefficient (Wildman–Crippen LogP) is 4.15. The Balaban J connectivity index is 2.23. The average molecular weight is 383 g/mol. The Labute approximate surface area is 151 Å². The van der Waals surface area contributed by atoms with Gasteiger partial charge in [0, 0.05) is 21.8 Å². The lowest BCUT2D eigenvalue weighted by Crippen LogP contribution is -2.59. The van der Waals surface area contributed by atoms with Crippen molar-refractivity contribution in [2.45, 2.75) is 11.7 Å². The van der Waals surface area contributed by atoms with Crippen molar-refractivity contribution in [3.63, 3.8) is 0 Å². The number of hydrogen-bond donors (Lipinski definition) is 3. The molecule has 3 nitrogen and oxygen atoms in total. The number of fused-ring (bicyclic) bond motifs is 1. The highest BCUT2D eigenvalue weighted by molar-refractivity contribution is 7.80. The number of nitrogens with one attached hydrogen (secondary N) is 2. The molecule has 0 fully saturated rings. The van der Waals surface area contributed by atoms with Crippen LogP contribution in [0.25, 0.3) is 0 Å². The summed E-state index contributed by atoms with van der Waals surface area (Å²) in [4.78, 5) is 0. The molecule has 0 saturated carbocycles. The second kappa shape index (κ2) is 6.14. The van der Waals surface area contributed by atoms with Gasteiger partial charge in [-0.15, -0.1) is 0 Å². The summed E-state index contributed by atoms with van der Waals surface area (Å²) < 4.78 is 42.1. The van der Waals surface area contributed by atoms with Crippen molar-refractivity contribution in [1.29, 1.82) is 0 Å². The van der Waals surface area contributed by atoms with Crippen molar-refractivity contribution in [3.8, 4) is 17.6 Å². The van der Waals surface area contributed by atoms with E-state index in [0.717, 1.165) is 0 Å². The topological polar surface area (TPSA) is 44.3 Å². The summed E-state index contributed by atoms with van der Waals surface area (Å²) >= 11 is 10.8. The van der Waals surface area contributed by atoms with Crippen LogP contribution < -0.4 is 10.6 Å². The first-order valence-electron chi connectivity index (χ1n) is 6.99. The van der Waals surface area contributed by atoms with E-state index >= 15 is 0 Å². The summed E-state index contributed by atoms with van der Waals surface area (Å²) in [5.41, 5.74) is -2.48. The fourth-order valence-electron chi connectivity index (χ4n) is 2.47. The monoisotopic (exact) mass is 382 g/mol. The van der Waals surface area contributed by atoms with Gasteiger partial charge in [-0.25, -0.2) is 0 Å². The van der Waals surface area contributed by atoms with Gasteiger partial charge >= 0.3 is 6.18 Å². The van der Waals surface area contributed by atoms with E-state index in [1.54, 1.807) is 0 Å². The van der Waals surface area contributed by atoms with E-state index in [0.29, 0.717) is 0 Å². The normalized spacial score (nSPS) is 19.1. The minimum absolute atomic E-state index is 0.0925. The molecule has 0 radical (unpaired) electrons. The largest absolute Gasteiger partial charge is 0.508 e. The Kier molecular flexibility index (Phi) is 4.27. The van der Waals surface area contributed by atoms with E-state index in [1.807, 2.05) is 0 Å². The van der Waals surface area contributed by atoms with Crippen molar-refractivity contribution in [2.75, 3.05) is 5.32 Å². The standard InChI is InChI=1S/C17H10ClF3N2OS/c18-11-4-5-14-13(9-11)16(17(19,20)21,23-15(25)22-14)7-6-10-2-1-3-12(24)8-10/h1-5,8-9,24H,(H2,22,23,25). The van der Waals surface area contributed by atoms with Crippen molar-refractivity contribution < 1.29 is 18.3 Å². The Bertz CT molecular complexity index is 920. The van der Waals surface area contributed by atoms with Crippen molar-refractivity contribution in [3.05, 3.63) is 58.6 Å². The van der Waals surface area contributed by atoms with Crippen LogP contribution in [0.3, 0.4) is 0 Å². The van der Waals surface area contributed by atoms with Crippen LogP contribution in [0, 0.1) is 11.8 Å². The van der Waals surface area contributed by atoms with Gasteiger partial charge in [-0.3, -0.25) is 0 Å². The zero-order chi connectivity index (χ0) is 18.2. The molecule has 0 spiro atoms. The first kappa shape index (κ1) is 17.4. The number of phenolic OH excluding ortho intramolecular Hbond substituents is 1. The maximum Gasteiger partial charge on any atom is 0.427 e. The van der Waals surface area contributed by atoms with Gasteiger partial charge in [0.15, 0.2) is 5.11 Å². The molecule has 0 bridgehead atoms. The number of hydrogen-bond acceptors (Lipinski definition) is 2. The molecule has 1 unspecified atom stereocenters. The molecule has 3 rings (SSSR count). The van der Waals surface area contributed by atoms with Crippen LogP contribution in [-0.4, -0.2) is 16.4 Å². The molecule has 2 aromatic rings. The summed E-state index contributed by atoms with van der Waals surface area (Å²) in [6, 6.07) is 9.74. The van der Waals surface area contributed by atoms with Crippen LogP contribution in [0.1, 0.15) is 11.1 Å². The van der Waals surface area contributed by atoms with Crippen LogP contribution in [0.5, 0.6) is 5.75 Å². The fraction of sp³-hybridized carbons (Fsp3) is 0.118. The van der Waals surface area contributed by atoms with Gasteiger partial charge in [0.1, 0.15) is 5.75 Å². The van der Waals surface area contributed by atoms with Crippen LogP contribution >= 0.6 is 23.8 Å². The minimum Gasteiger partial charge on any atom is -0.508 e. The molecule has 1 aliphatic heterocycles. The van der Waals surface area contributed by atoms with Gasteiger partial charge in [0.25, 0.3) is 0 Å². The number of halogens is 4. The number of benzene rings is 2. The number of anilines is 1. The van der Waals surface area contributed by atoms with Crippen LogP contribution in [0.15, 0.2) is 42.5 Å². The highest BCUT2D eigenvalue weighted by Gasteiger charge is 2.58. The molecule has 0 aliphatic carbocycles. The Morgan fingerprint density at radius 3 is 2.60 bits per heavy atom. The summed E-state index contributed by atoms with van der Waals surface area (Å²) in [7, 11) is 0. The lowest BCUT2D eigenvalue weighted by atomic mass is 9.86. The maximum atomic E-state index is 14.0. The van der Waals surface area contributed by atoms with Crippen molar-refractivity contribution in [2.24, 2.45) is 0 Å². The number of phenols is 1. The lowest BCUT2D eigenvalue weighted by Gasteiger charge is -2.38. The van der Waals surface area contributed by atoms with Gasteiger partial charge in [0.05, 0.1) is 0 Å². The molecule has 1 atom stereocenters. The molecule has 2 aromatic carbocycles. The predicted molar refractivity (Wildman–Crippen MR) is 93.5 cm³/mol. The number of alkyl halides is 3. The van der Waals surface area contributed by atoms with E-state index in [9.17, 15) is 18.3 Å². The van der Waals surface area contributed by atoms with Gasteiger partial charge in [-0.1, -0.05) is 29.5 Å². The molecular weight excluding hydrogens is 373 g/mol. The number of rotatable bonds is 0. The minimum atomic E-state index is -4.78. The maximum absolute atomic E-state index is 14.0. The van der Waals surface area contributed by atoms with Gasteiger partial charge in [-0.2, -0.15) is 13.2 Å². The van der Waals surface area contributed by atoms with E-state index in [2.05, 4.69) is 22.5 Å². The summed E-state index contributed by atoms with van der Waals surface area (Å²) in [5, 5.41) is 14.3. The Hall–Kier alpha value is -2.43. The van der Waals surface area contributed by atoms with Crippen LogP contribution in [0.4, 0.5) is 18.9 Å². The number of aromatic hydroxyl groups is 1. The van der Waals surface area contributed by atoms with E-state index < -0.39 is 11.7 Å². The zero-order valence-electron chi connectivity index (χ0n) is 12.4. The van der Waals surface area contributed by atoms with E-state index in [1.165, 1.54) is 42.5 Å². The first-order chi connectivity index (χ1) is 11.7. The van der Waals surface area contributed by atoms with Gasteiger partial charge < -0.3 is 15.7 Å². The SMILES string of the molecule is Oc1cccc(C#CC2(C(F)(F)F)NC(=S)Nc3ccc(Cl)cc32)c1. The molecule has 1 heterocycles. The summed E-state index contributed by atoms with van der Waals surface area (Å²) in [6.07, 6.45) is -4.78. The Morgan fingerprint density at radius 2 is 1.92 bits per heavy atom. The second-order valence-corrected chi connectivity index (χ2v) is 6.16. The first-order valence-corrected chi connectivity index (χ1v) is 7.78. The average Bonchev–Trinajstić information content (AvgIpc) is 2.52. The smallest absolute Gasteiger partial charge is 0.427 e. The fourth-order valence-corrected chi connectivity index (χ4v) is 2.90. The van der Waals surface area contributed by atoms with Crippen molar-refractivity contribution in [1.82, 2.24) is 5.32 Å². The molecule has 1 aliphatic rings. The zero-order valence-corrected chi connectivity index (χ0v) is 14.0. The summed E-state index contributed by atoms with van der Waals surface area (Å²) in [6.45, 7) is 0. The van der Waals surface area contributed by atoms with Gasteiger partial charge in [-0.05, 0) is 48.6 Å². The highest BCUT2D eigenvalue weighted by Crippen LogP contribution is 2.44. The van der Waals surface area contributed by atoms with E-state index in [4.69, 9.17) is 23.8 Å². The third-order valence-electron chi connectivity index (χ3n) is 3.60. The molecule has 128 valence electrons.